The number of halogens is 2. The smallest absolute Gasteiger partial charge is 0.0629 e. The molecule has 0 spiro atoms. The first-order valence-electron chi connectivity index (χ1n) is 6.37. The maximum Gasteiger partial charge on any atom is 0.0629 e. The van der Waals surface area contributed by atoms with E-state index in [0.717, 1.165) is 0 Å². The Hall–Kier alpha value is -0.790. The van der Waals surface area contributed by atoms with Gasteiger partial charge in [0, 0.05) is 15.1 Å². The summed E-state index contributed by atoms with van der Waals surface area (Å²) in [5, 5.41) is 0.327. The monoisotopic (exact) mass is 271 g/mol. The fourth-order valence-electron chi connectivity index (χ4n) is 1.11. The third kappa shape index (κ3) is 1.84. The molecule has 0 fully saturated rings. The van der Waals surface area contributed by atoms with Gasteiger partial charge in [0.2, 0.25) is 0 Å². The molecule has 2 heteroatoms. The second-order valence-electron chi connectivity index (χ2n) is 2.60. The Balaban J connectivity index is 2.92. The molecule has 0 unspecified atom stereocenters. The molecule has 0 N–H and O–H groups in total. The summed E-state index contributed by atoms with van der Waals surface area (Å²) >= 11 is 9.39. The minimum atomic E-state index is -0.415. The zero-order valence-electron chi connectivity index (χ0n) is 12.0. The van der Waals surface area contributed by atoms with Gasteiger partial charge in [-0.1, -0.05) is 63.8 Å². The van der Waals surface area contributed by atoms with Crippen molar-refractivity contribution in [2.24, 2.45) is 0 Å². The average Bonchev–Trinajstić information content (AvgIpc) is 2.37. The largest absolute Gasteiger partial charge is 0.0836 e. The van der Waals surface area contributed by atoms with Crippen molar-refractivity contribution in [2.45, 2.75) is 0 Å². The van der Waals surface area contributed by atoms with Gasteiger partial charge >= 0.3 is 0 Å². The first kappa shape index (κ1) is 5.34. The quantitative estimate of drug-likeness (QED) is 0.701. The highest BCUT2D eigenvalue weighted by Gasteiger charge is 2.05. The van der Waals surface area contributed by atoms with Crippen LogP contribution in [0.15, 0.2) is 52.9 Å². The van der Waals surface area contributed by atoms with Crippen LogP contribution in [0.5, 0.6) is 0 Å². The fourth-order valence-corrected chi connectivity index (χ4v) is 2.06. The predicted molar refractivity (Wildman–Crippen MR) is 64.6 cm³/mol. The van der Waals surface area contributed by atoms with E-state index in [1.54, 1.807) is 18.2 Å². The van der Waals surface area contributed by atoms with Gasteiger partial charge in [0.15, 0.2) is 0 Å². The van der Waals surface area contributed by atoms with Crippen LogP contribution in [0.3, 0.4) is 0 Å². The number of hydrogen-bond acceptors (Lipinski definition) is 0. The lowest BCUT2D eigenvalue weighted by Gasteiger charge is -2.06. The molecule has 14 heavy (non-hydrogen) atoms. The Kier molecular flexibility index (Phi) is 1.58. The molecular weight excluding hydrogens is 259 g/mol. The lowest BCUT2D eigenvalue weighted by atomic mass is 10.1. The maximum atomic E-state index is 7.91. The third-order valence-electron chi connectivity index (χ3n) is 1.71. The van der Waals surface area contributed by atoms with Crippen LogP contribution >= 0.6 is 27.5 Å². The number of benzene rings is 2. The highest BCUT2D eigenvalue weighted by Crippen LogP contribution is 2.34. The molecule has 0 nitrogen and oxygen atoms in total. The van der Waals surface area contributed by atoms with E-state index in [1.165, 1.54) is 0 Å². The zero-order chi connectivity index (χ0) is 14.3. The fraction of sp³-hybridized carbons (Fsp3) is 0. The molecule has 0 aliphatic carbocycles. The molecule has 2 rings (SSSR count). The van der Waals surface area contributed by atoms with Crippen molar-refractivity contribution in [3.63, 3.8) is 0 Å². The van der Waals surface area contributed by atoms with Crippen LogP contribution in [-0.4, -0.2) is 0 Å². The Morgan fingerprint density at radius 1 is 1.14 bits per heavy atom. The van der Waals surface area contributed by atoms with Crippen molar-refractivity contribution in [3.8, 4) is 11.1 Å². The molecule has 0 radical (unpaired) electrons. The predicted octanol–water partition coefficient (Wildman–Crippen LogP) is 4.77. The number of rotatable bonds is 1. The summed E-state index contributed by atoms with van der Waals surface area (Å²) in [4.78, 5) is 0. The van der Waals surface area contributed by atoms with Gasteiger partial charge < -0.3 is 0 Å². The normalized spacial score (nSPS) is 15.1. The van der Waals surface area contributed by atoms with Gasteiger partial charge in [-0.3, -0.25) is 0 Å². The van der Waals surface area contributed by atoms with Gasteiger partial charge in [0.1, 0.15) is 0 Å². The molecule has 0 aromatic heterocycles. The summed E-state index contributed by atoms with van der Waals surface area (Å²) in [6, 6.07) is 3.35. The van der Waals surface area contributed by atoms with Crippen molar-refractivity contribution in [1.29, 1.82) is 0 Å². The molecular formula is C12H8BrCl. The number of hydrogen-bond donors (Lipinski definition) is 0. The van der Waals surface area contributed by atoms with Gasteiger partial charge in [0.05, 0.1) is 6.85 Å². The van der Waals surface area contributed by atoms with E-state index in [0.29, 0.717) is 15.1 Å². The Morgan fingerprint density at radius 3 is 2.50 bits per heavy atom. The van der Waals surface area contributed by atoms with E-state index in [4.69, 9.17) is 18.5 Å². The van der Waals surface area contributed by atoms with Crippen LogP contribution in [0.25, 0.3) is 11.1 Å². The van der Waals surface area contributed by atoms with Crippen LogP contribution in [0.4, 0.5) is 0 Å². The average molecular weight is 273 g/mol. The molecule has 0 aliphatic rings. The Bertz CT molecular complexity index is 622. The van der Waals surface area contributed by atoms with Crippen molar-refractivity contribution < 1.29 is 6.85 Å². The molecule has 0 amide bonds. The van der Waals surface area contributed by atoms with Crippen molar-refractivity contribution in [1.82, 2.24) is 0 Å². The van der Waals surface area contributed by atoms with Gasteiger partial charge in [-0.05, 0) is 17.7 Å². The summed E-state index contributed by atoms with van der Waals surface area (Å²) in [5.74, 6) is 0. The molecule has 0 aliphatic heterocycles. The van der Waals surface area contributed by atoms with E-state index in [9.17, 15) is 0 Å². The van der Waals surface area contributed by atoms with Gasteiger partial charge in [-0.2, -0.15) is 0 Å². The lowest BCUT2D eigenvalue weighted by molar-refractivity contribution is 1.58. The van der Waals surface area contributed by atoms with Gasteiger partial charge in [0.25, 0.3) is 0 Å². The van der Waals surface area contributed by atoms with Crippen LogP contribution in [-0.2, 0) is 0 Å². The molecule has 0 bridgehead atoms. The molecule has 0 saturated heterocycles. The molecule has 2 aromatic rings. The summed E-state index contributed by atoms with van der Waals surface area (Å²) < 4.78 is 39.3. The Labute approximate surface area is 104 Å². The first-order valence-corrected chi connectivity index (χ1v) is 5.04. The van der Waals surface area contributed by atoms with Gasteiger partial charge in [-0.15, -0.1) is 0 Å². The molecule has 2 aromatic carbocycles. The van der Waals surface area contributed by atoms with Crippen LogP contribution in [0, 0.1) is 0 Å². The molecule has 0 atom stereocenters. The van der Waals surface area contributed by atoms with Crippen LogP contribution in [0.1, 0.15) is 6.85 Å². The third-order valence-corrected chi connectivity index (χ3v) is 2.69. The Morgan fingerprint density at radius 2 is 1.86 bits per heavy atom. The summed E-state index contributed by atoms with van der Waals surface area (Å²) in [7, 11) is 0. The van der Waals surface area contributed by atoms with E-state index in [2.05, 4.69) is 15.9 Å². The zero-order valence-corrected chi connectivity index (χ0v) is 9.33. The van der Waals surface area contributed by atoms with E-state index in [1.807, 2.05) is 0 Å². The highest BCUT2D eigenvalue weighted by molar-refractivity contribution is 9.10. The minimum absolute atomic E-state index is 0.100. The summed E-state index contributed by atoms with van der Waals surface area (Å²) in [6.45, 7) is 0. The first-order chi connectivity index (χ1) is 8.86. The second-order valence-corrected chi connectivity index (χ2v) is 3.86. The van der Waals surface area contributed by atoms with E-state index in [-0.39, 0.29) is 29.7 Å². The summed E-state index contributed by atoms with van der Waals surface area (Å²) in [5.41, 5.74) is 0.504. The lowest BCUT2D eigenvalue weighted by Crippen LogP contribution is -1.80. The van der Waals surface area contributed by atoms with E-state index >= 15 is 0 Å². The van der Waals surface area contributed by atoms with E-state index < -0.39 is 6.04 Å². The summed E-state index contributed by atoms with van der Waals surface area (Å²) in [6.07, 6.45) is 0. The van der Waals surface area contributed by atoms with Crippen LogP contribution < -0.4 is 0 Å². The van der Waals surface area contributed by atoms with Crippen molar-refractivity contribution in [2.75, 3.05) is 0 Å². The topological polar surface area (TPSA) is 0 Å². The minimum Gasteiger partial charge on any atom is -0.0836 e. The molecule has 0 saturated carbocycles. The van der Waals surface area contributed by atoms with Gasteiger partial charge in [-0.25, -0.2) is 0 Å². The SMILES string of the molecule is [2H]c1c([2H])c([2H])c(-c2c(Cl)cccc2Br)c([2H])c1[2H]. The van der Waals surface area contributed by atoms with Crippen molar-refractivity contribution in [3.05, 3.63) is 57.9 Å². The standard InChI is InChI=1S/C12H8BrCl/c13-10-7-4-8-11(14)12(10)9-5-2-1-3-6-9/h1-8H/i1D,2D,3D,5D,6D. The maximum absolute atomic E-state index is 7.91. The molecule has 0 heterocycles. The highest BCUT2D eigenvalue weighted by atomic mass is 79.9. The second kappa shape index (κ2) is 4.16. The van der Waals surface area contributed by atoms with Crippen LogP contribution in [0.2, 0.25) is 5.02 Å². The van der Waals surface area contributed by atoms with Crippen molar-refractivity contribution >= 4 is 27.5 Å². The molecule has 70 valence electrons.